The van der Waals surface area contributed by atoms with Crippen molar-refractivity contribution in [3.63, 3.8) is 0 Å². The summed E-state index contributed by atoms with van der Waals surface area (Å²) in [6, 6.07) is 5.10. The lowest BCUT2D eigenvalue weighted by Crippen LogP contribution is -2.42. The molecule has 1 saturated heterocycles. The smallest absolute Gasteiger partial charge is 0.333 e. The first-order chi connectivity index (χ1) is 9.49. The largest absolute Gasteiger partial charge is 0.479 e. The molecule has 2 rings (SSSR count). The molecule has 1 aliphatic heterocycles. The van der Waals surface area contributed by atoms with Gasteiger partial charge in [-0.15, -0.1) is 0 Å². The highest BCUT2D eigenvalue weighted by molar-refractivity contribution is 6.08. The number of carboxylic acids is 1. The van der Waals surface area contributed by atoms with Crippen LogP contribution in [0.25, 0.3) is 0 Å². The highest BCUT2D eigenvalue weighted by atomic mass is 16.7. The molecular formula is C13H16BNO5. The fourth-order valence-electron chi connectivity index (χ4n) is 2.07. The Bertz CT molecular complexity index is 496. The third kappa shape index (κ3) is 3.43. The molecule has 0 bridgehead atoms. The second-order valence-corrected chi connectivity index (χ2v) is 4.71. The van der Waals surface area contributed by atoms with Crippen molar-refractivity contribution in [2.24, 2.45) is 0 Å². The summed E-state index contributed by atoms with van der Waals surface area (Å²) in [6.07, 6.45) is -2.08. The van der Waals surface area contributed by atoms with Crippen LogP contribution in [0.5, 0.6) is 5.75 Å². The van der Waals surface area contributed by atoms with E-state index in [0.29, 0.717) is 17.8 Å². The minimum absolute atomic E-state index is 0.0524. The van der Waals surface area contributed by atoms with Gasteiger partial charge >= 0.3 is 5.97 Å². The van der Waals surface area contributed by atoms with Gasteiger partial charge in [0.2, 0.25) is 6.29 Å². The topological polar surface area (TPSA) is 102 Å². The quantitative estimate of drug-likeness (QED) is 0.539. The van der Waals surface area contributed by atoms with Gasteiger partial charge in [0.25, 0.3) is 0 Å². The number of aliphatic hydroxyl groups is 1. The fraction of sp³-hybridized carbons (Fsp3) is 0.462. The van der Waals surface area contributed by atoms with Gasteiger partial charge in [0, 0.05) is 12.8 Å². The van der Waals surface area contributed by atoms with E-state index < -0.39 is 24.5 Å². The van der Waals surface area contributed by atoms with Crippen molar-refractivity contribution in [3.8, 4) is 5.75 Å². The number of hydrogen-bond acceptors (Lipinski definition) is 5. The first-order valence-corrected chi connectivity index (χ1v) is 6.31. The lowest BCUT2D eigenvalue weighted by molar-refractivity contribution is -0.195. The van der Waals surface area contributed by atoms with Gasteiger partial charge in [0.1, 0.15) is 5.75 Å². The van der Waals surface area contributed by atoms with Gasteiger partial charge in [-0.2, -0.15) is 0 Å². The minimum atomic E-state index is -1.12. The second kappa shape index (κ2) is 6.15. The van der Waals surface area contributed by atoms with Crippen LogP contribution in [-0.2, 0) is 15.9 Å². The van der Waals surface area contributed by atoms with Crippen molar-refractivity contribution in [1.82, 2.24) is 0 Å². The van der Waals surface area contributed by atoms with Crippen LogP contribution in [0.3, 0.4) is 0 Å². The lowest BCUT2D eigenvalue weighted by atomic mass is 9.96. The Morgan fingerprint density at radius 2 is 2.25 bits per heavy atom. The number of rotatable bonds is 4. The second-order valence-electron chi connectivity index (χ2n) is 4.71. The molecule has 1 aromatic carbocycles. The van der Waals surface area contributed by atoms with Crippen LogP contribution >= 0.6 is 0 Å². The average molecular weight is 277 g/mol. The molecule has 0 spiro atoms. The summed E-state index contributed by atoms with van der Waals surface area (Å²) in [6.45, 7) is 0. The molecule has 0 saturated carbocycles. The van der Waals surface area contributed by atoms with E-state index in [2.05, 4.69) is 0 Å². The maximum absolute atomic E-state index is 10.9. The number of ether oxygens (including phenoxy) is 2. The van der Waals surface area contributed by atoms with Gasteiger partial charge in [-0.1, -0.05) is 17.9 Å². The predicted molar refractivity (Wildman–Crippen MR) is 72.5 cm³/mol. The fourth-order valence-corrected chi connectivity index (χ4v) is 2.07. The number of nitrogen functional groups attached to an aromatic ring is 1. The zero-order valence-electron chi connectivity index (χ0n) is 10.9. The van der Waals surface area contributed by atoms with Gasteiger partial charge < -0.3 is 25.4 Å². The Morgan fingerprint density at radius 3 is 2.85 bits per heavy atom. The summed E-state index contributed by atoms with van der Waals surface area (Å²) in [7, 11) is 5.50. The lowest BCUT2D eigenvalue weighted by Gasteiger charge is -2.31. The van der Waals surface area contributed by atoms with Crippen LogP contribution in [0, 0.1) is 0 Å². The molecule has 2 radical (unpaired) electrons. The van der Waals surface area contributed by atoms with E-state index in [9.17, 15) is 9.90 Å². The van der Waals surface area contributed by atoms with E-state index >= 15 is 0 Å². The standard InChI is InChI=1S/C13H16BNO5/c14-6-7-1-2-10(9(15)3-7)19-12-5-8(16)4-11(20-12)13(17)18/h1-3,8,11-12,16H,4-6,15H2,(H,17,18). The molecule has 1 heterocycles. The van der Waals surface area contributed by atoms with Gasteiger partial charge in [-0.25, -0.2) is 4.79 Å². The molecular weight excluding hydrogens is 261 g/mol. The molecule has 3 atom stereocenters. The molecule has 0 amide bonds. The average Bonchev–Trinajstić information content (AvgIpc) is 2.40. The third-order valence-corrected chi connectivity index (χ3v) is 3.11. The number of aliphatic hydroxyl groups excluding tert-OH is 1. The summed E-state index contributed by atoms with van der Waals surface area (Å²) in [4.78, 5) is 10.9. The zero-order valence-corrected chi connectivity index (χ0v) is 10.9. The van der Waals surface area contributed by atoms with Crippen molar-refractivity contribution in [1.29, 1.82) is 0 Å². The van der Waals surface area contributed by atoms with Crippen LogP contribution in [0.15, 0.2) is 18.2 Å². The molecule has 106 valence electrons. The van der Waals surface area contributed by atoms with Crippen LogP contribution < -0.4 is 10.5 Å². The first-order valence-electron chi connectivity index (χ1n) is 6.31. The van der Waals surface area contributed by atoms with Crippen LogP contribution in [0.2, 0.25) is 0 Å². The van der Waals surface area contributed by atoms with Crippen molar-refractivity contribution >= 4 is 19.5 Å². The number of carbonyl (C=O) groups is 1. The number of anilines is 1. The summed E-state index contributed by atoms with van der Waals surface area (Å²) in [5.74, 6) is -0.741. The Labute approximate surface area is 117 Å². The molecule has 4 N–H and O–H groups in total. The van der Waals surface area contributed by atoms with E-state index in [1.165, 1.54) is 0 Å². The molecule has 7 heteroatoms. The van der Waals surface area contributed by atoms with Crippen molar-refractivity contribution in [2.45, 2.75) is 37.7 Å². The molecule has 3 unspecified atom stereocenters. The monoisotopic (exact) mass is 277 g/mol. The summed E-state index contributed by atoms with van der Waals surface area (Å²) >= 11 is 0. The maximum Gasteiger partial charge on any atom is 0.333 e. The van der Waals surface area contributed by atoms with E-state index in [-0.39, 0.29) is 12.8 Å². The van der Waals surface area contributed by atoms with E-state index in [1.807, 2.05) is 0 Å². The molecule has 6 nitrogen and oxygen atoms in total. The normalized spacial score (nSPS) is 26.1. The van der Waals surface area contributed by atoms with Crippen molar-refractivity contribution < 1.29 is 24.5 Å². The number of carboxylic acid groups (broad SMARTS) is 1. The van der Waals surface area contributed by atoms with Gasteiger partial charge in [0.05, 0.1) is 19.6 Å². The predicted octanol–water partition coefficient (Wildman–Crippen LogP) is 0.267. The number of aliphatic carboxylic acids is 1. The highest BCUT2D eigenvalue weighted by Gasteiger charge is 2.34. The Hall–Kier alpha value is -1.73. The first kappa shape index (κ1) is 14.7. The summed E-state index contributed by atoms with van der Waals surface area (Å²) in [5, 5.41) is 18.6. The van der Waals surface area contributed by atoms with Crippen LogP contribution in [0.4, 0.5) is 5.69 Å². The van der Waals surface area contributed by atoms with E-state index in [4.69, 9.17) is 28.2 Å². The minimum Gasteiger partial charge on any atom is -0.479 e. The maximum atomic E-state index is 10.9. The number of nitrogens with two attached hydrogens (primary N) is 1. The summed E-state index contributed by atoms with van der Waals surface area (Å²) in [5.41, 5.74) is 7.08. The van der Waals surface area contributed by atoms with Crippen LogP contribution in [-0.4, -0.2) is 42.5 Å². The Kier molecular flexibility index (Phi) is 4.51. The number of benzene rings is 1. The molecule has 0 aromatic heterocycles. The van der Waals surface area contributed by atoms with Gasteiger partial charge in [-0.05, 0) is 12.1 Å². The van der Waals surface area contributed by atoms with Crippen LogP contribution in [0.1, 0.15) is 18.4 Å². The zero-order chi connectivity index (χ0) is 14.7. The summed E-state index contributed by atoms with van der Waals surface area (Å²) < 4.78 is 10.8. The van der Waals surface area contributed by atoms with Crippen molar-refractivity contribution in [2.75, 3.05) is 5.73 Å². The SMILES string of the molecule is [B]Cc1ccc(OC2CC(O)CC(C(=O)O)O2)c(N)c1. The Balaban J connectivity index is 2.07. The number of hydrogen-bond donors (Lipinski definition) is 3. The Morgan fingerprint density at radius 1 is 1.50 bits per heavy atom. The molecule has 1 aromatic rings. The van der Waals surface area contributed by atoms with E-state index in [0.717, 1.165) is 5.56 Å². The molecule has 0 aliphatic carbocycles. The third-order valence-electron chi connectivity index (χ3n) is 3.11. The molecule has 20 heavy (non-hydrogen) atoms. The highest BCUT2D eigenvalue weighted by Crippen LogP contribution is 2.28. The molecule has 1 fully saturated rings. The van der Waals surface area contributed by atoms with Gasteiger partial charge in [0.15, 0.2) is 6.10 Å². The van der Waals surface area contributed by atoms with E-state index in [1.54, 1.807) is 18.2 Å². The van der Waals surface area contributed by atoms with Gasteiger partial charge in [-0.3, -0.25) is 0 Å². The van der Waals surface area contributed by atoms with Crippen molar-refractivity contribution in [3.05, 3.63) is 23.8 Å². The molecule has 1 aliphatic rings.